The van der Waals surface area contributed by atoms with Gasteiger partial charge in [0.25, 0.3) is 0 Å². The van der Waals surface area contributed by atoms with Crippen LogP contribution >= 0.6 is 0 Å². The molecule has 0 aliphatic heterocycles. The van der Waals surface area contributed by atoms with Crippen molar-refractivity contribution in [2.24, 2.45) is 5.41 Å². The Labute approximate surface area is 113 Å². The van der Waals surface area contributed by atoms with Gasteiger partial charge < -0.3 is 9.88 Å². The van der Waals surface area contributed by atoms with Crippen molar-refractivity contribution in [1.82, 2.24) is 14.9 Å². The fourth-order valence-corrected chi connectivity index (χ4v) is 2.02. The molecule has 102 valence electrons. The number of nitrogens with zero attached hydrogens (tertiary/aromatic N) is 2. The van der Waals surface area contributed by atoms with Gasteiger partial charge in [0, 0.05) is 18.5 Å². The fourth-order valence-electron chi connectivity index (χ4n) is 2.02. The van der Waals surface area contributed by atoms with Gasteiger partial charge in [0.05, 0.1) is 11.0 Å². The molecule has 0 saturated carbocycles. The number of nitrogens with one attached hydrogen (secondary N) is 1. The molecule has 0 spiro atoms. The van der Waals surface area contributed by atoms with Gasteiger partial charge in [-0.3, -0.25) is 4.79 Å². The molecule has 0 unspecified atom stereocenters. The van der Waals surface area contributed by atoms with E-state index in [0.717, 1.165) is 23.4 Å². The normalized spacial score (nSPS) is 11.8. The van der Waals surface area contributed by atoms with Crippen molar-refractivity contribution in [3.8, 4) is 0 Å². The van der Waals surface area contributed by atoms with Crippen LogP contribution in [0.25, 0.3) is 11.0 Å². The Morgan fingerprint density at radius 2 is 2.00 bits per heavy atom. The molecule has 0 saturated heterocycles. The molecule has 2 aromatic rings. The maximum Gasteiger partial charge on any atom is 0.225 e. The lowest BCUT2D eigenvalue weighted by Gasteiger charge is -2.18. The third kappa shape index (κ3) is 2.95. The van der Waals surface area contributed by atoms with E-state index in [4.69, 9.17) is 0 Å². The first-order valence-corrected chi connectivity index (χ1v) is 6.60. The van der Waals surface area contributed by atoms with Gasteiger partial charge in [-0.05, 0) is 19.1 Å². The number of hydrogen-bond acceptors (Lipinski definition) is 2. The zero-order chi connectivity index (χ0) is 14.0. The molecule has 0 fully saturated rings. The average Bonchev–Trinajstić information content (AvgIpc) is 2.64. The van der Waals surface area contributed by atoms with E-state index in [-0.39, 0.29) is 11.3 Å². The largest absolute Gasteiger partial charge is 0.354 e. The van der Waals surface area contributed by atoms with Gasteiger partial charge >= 0.3 is 0 Å². The van der Waals surface area contributed by atoms with Crippen LogP contribution in [0.5, 0.6) is 0 Å². The molecule has 1 N–H and O–H groups in total. The topological polar surface area (TPSA) is 46.9 Å². The second-order valence-electron chi connectivity index (χ2n) is 5.81. The van der Waals surface area contributed by atoms with Crippen molar-refractivity contribution in [2.75, 3.05) is 6.54 Å². The summed E-state index contributed by atoms with van der Waals surface area (Å²) in [6.07, 6.45) is 0. The maximum absolute atomic E-state index is 11.8. The summed E-state index contributed by atoms with van der Waals surface area (Å²) in [4.78, 5) is 16.3. The molecule has 1 aromatic carbocycles. The van der Waals surface area contributed by atoms with Crippen LogP contribution in [0.3, 0.4) is 0 Å². The molecular formula is C15H21N3O. The quantitative estimate of drug-likeness (QED) is 0.920. The summed E-state index contributed by atoms with van der Waals surface area (Å²) in [6, 6.07) is 8.06. The van der Waals surface area contributed by atoms with Gasteiger partial charge in [0.1, 0.15) is 5.82 Å². The molecule has 1 aromatic heterocycles. The Hall–Kier alpha value is -1.84. The SMILES string of the molecule is Cc1nc2ccccc2n1CCNC(=O)C(C)(C)C. The van der Waals surface area contributed by atoms with Crippen LogP contribution in [0.2, 0.25) is 0 Å². The summed E-state index contributed by atoms with van der Waals surface area (Å²) in [7, 11) is 0. The molecular weight excluding hydrogens is 238 g/mol. The summed E-state index contributed by atoms with van der Waals surface area (Å²) < 4.78 is 2.14. The lowest BCUT2D eigenvalue weighted by molar-refractivity contribution is -0.128. The number of carbonyl (C=O) groups excluding carboxylic acids is 1. The molecule has 19 heavy (non-hydrogen) atoms. The predicted octanol–water partition coefficient (Wildman–Crippen LogP) is 2.51. The molecule has 1 heterocycles. The molecule has 4 heteroatoms. The Bertz CT molecular complexity index is 593. The Morgan fingerprint density at radius 1 is 1.32 bits per heavy atom. The third-order valence-corrected chi connectivity index (χ3v) is 3.15. The van der Waals surface area contributed by atoms with Crippen LogP contribution in [0.1, 0.15) is 26.6 Å². The molecule has 0 aliphatic carbocycles. The first-order chi connectivity index (χ1) is 8.89. The minimum absolute atomic E-state index is 0.0783. The summed E-state index contributed by atoms with van der Waals surface area (Å²) in [5.74, 6) is 1.06. The summed E-state index contributed by atoms with van der Waals surface area (Å²) in [5.41, 5.74) is 1.78. The highest BCUT2D eigenvalue weighted by atomic mass is 16.2. The molecule has 0 bridgehead atoms. The molecule has 1 amide bonds. The second-order valence-corrected chi connectivity index (χ2v) is 5.81. The molecule has 0 radical (unpaired) electrons. The van der Waals surface area contributed by atoms with Gasteiger partial charge in [0.2, 0.25) is 5.91 Å². The van der Waals surface area contributed by atoms with Crippen LogP contribution < -0.4 is 5.32 Å². The van der Waals surface area contributed by atoms with Crippen LogP contribution in [0.4, 0.5) is 0 Å². The summed E-state index contributed by atoms with van der Waals surface area (Å²) in [5, 5.41) is 2.97. The first kappa shape index (κ1) is 13.6. The maximum atomic E-state index is 11.8. The smallest absolute Gasteiger partial charge is 0.225 e. The zero-order valence-corrected chi connectivity index (χ0v) is 12.0. The van der Waals surface area contributed by atoms with E-state index in [2.05, 4.69) is 20.9 Å². The third-order valence-electron chi connectivity index (χ3n) is 3.15. The Balaban J connectivity index is 2.06. The van der Waals surface area contributed by atoms with Crippen molar-refractivity contribution in [3.05, 3.63) is 30.1 Å². The van der Waals surface area contributed by atoms with Crippen molar-refractivity contribution in [2.45, 2.75) is 34.2 Å². The van der Waals surface area contributed by atoms with Gasteiger partial charge in [-0.2, -0.15) is 0 Å². The van der Waals surface area contributed by atoms with E-state index in [0.29, 0.717) is 6.54 Å². The number of carbonyl (C=O) groups is 1. The van der Waals surface area contributed by atoms with Crippen molar-refractivity contribution >= 4 is 16.9 Å². The standard InChI is InChI=1S/C15H21N3O/c1-11-17-12-7-5-6-8-13(12)18(11)10-9-16-14(19)15(2,3)4/h5-8H,9-10H2,1-4H3,(H,16,19). The zero-order valence-electron chi connectivity index (χ0n) is 12.0. The van der Waals surface area contributed by atoms with E-state index >= 15 is 0 Å². The highest BCUT2D eigenvalue weighted by molar-refractivity contribution is 5.81. The fraction of sp³-hybridized carbons (Fsp3) is 0.467. The molecule has 0 aliphatic rings. The Kier molecular flexibility index (Phi) is 3.60. The van der Waals surface area contributed by atoms with E-state index in [1.165, 1.54) is 0 Å². The lowest BCUT2D eigenvalue weighted by atomic mass is 9.96. The lowest BCUT2D eigenvalue weighted by Crippen LogP contribution is -2.36. The predicted molar refractivity (Wildman–Crippen MR) is 76.9 cm³/mol. The van der Waals surface area contributed by atoms with Crippen LogP contribution in [-0.2, 0) is 11.3 Å². The average molecular weight is 259 g/mol. The van der Waals surface area contributed by atoms with E-state index < -0.39 is 0 Å². The monoisotopic (exact) mass is 259 g/mol. The van der Waals surface area contributed by atoms with Crippen molar-refractivity contribution < 1.29 is 4.79 Å². The number of aryl methyl sites for hydroxylation is 1. The summed E-state index contributed by atoms with van der Waals surface area (Å²) >= 11 is 0. The van der Waals surface area contributed by atoms with Gasteiger partial charge in [0.15, 0.2) is 0 Å². The van der Waals surface area contributed by atoms with Crippen LogP contribution in [0.15, 0.2) is 24.3 Å². The van der Waals surface area contributed by atoms with Gasteiger partial charge in [-0.1, -0.05) is 32.9 Å². The van der Waals surface area contributed by atoms with Crippen molar-refractivity contribution in [3.63, 3.8) is 0 Å². The van der Waals surface area contributed by atoms with Gasteiger partial charge in [-0.25, -0.2) is 4.98 Å². The number of amides is 1. The Morgan fingerprint density at radius 3 is 2.68 bits per heavy atom. The van der Waals surface area contributed by atoms with E-state index in [9.17, 15) is 4.79 Å². The van der Waals surface area contributed by atoms with Crippen LogP contribution in [-0.4, -0.2) is 22.0 Å². The second kappa shape index (κ2) is 5.03. The summed E-state index contributed by atoms with van der Waals surface area (Å²) in [6.45, 7) is 9.11. The highest BCUT2D eigenvalue weighted by Crippen LogP contribution is 2.15. The molecule has 2 rings (SSSR count). The van der Waals surface area contributed by atoms with E-state index in [1.807, 2.05) is 45.9 Å². The number of fused-ring (bicyclic) bond motifs is 1. The number of benzene rings is 1. The van der Waals surface area contributed by atoms with E-state index in [1.54, 1.807) is 0 Å². The first-order valence-electron chi connectivity index (χ1n) is 6.60. The highest BCUT2D eigenvalue weighted by Gasteiger charge is 2.20. The number of hydrogen-bond donors (Lipinski definition) is 1. The minimum atomic E-state index is -0.341. The number of imidazole rings is 1. The van der Waals surface area contributed by atoms with Crippen LogP contribution in [0, 0.1) is 12.3 Å². The minimum Gasteiger partial charge on any atom is -0.354 e. The number of para-hydroxylation sites is 2. The van der Waals surface area contributed by atoms with Crippen molar-refractivity contribution in [1.29, 1.82) is 0 Å². The van der Waals surface area contributed by atoms with Gasteiger partial charge in [-0.15, -0.1) is 0 Å². The number of aromatic nitrogens is 2. The molecule has 0 atom stereocenters. The number of rotatable bonds is 3. The molecule has 4 nitrogen and oxygen atoms in total.